The summed E-state index contributed by atoms with van der Waals surface area (Å²) in [5.74, 6) is 0. The van der Waals surface area contributed by atoms with Crippen LogP contribution in [0.15, 0.2) is 24.3 Å². The van der Waals surface area contributed by atoms with Crippen molar-refractivity contribution in [2.45, 2.75) is 37.1 Å². The van der Waals surface area contributed by atoms with Crippen molar-refractivity contribution in [3.63, 3.8) is 0 Å². The van der Waals surface area contributed by atoms with Gasteiger partial charge in [-0.05, 0) is 18.9 Å². The minimum atomic E-state index is 0.181. The van der Waals surface area contributed by atoms with Crippen LogP contribution in [0.1, 0.15) is 25.7 Å². The molecule has 4 heteroatoms. The third-order valence-corrected chi connectivity index (χ3v) is 4.02. The van der Waals surface area contributed by atoms with Crippen LogP contribution in [0.5, 0.6) is 0 Å². The van der Waals surface area contributed by atoms with Crippen LogP contribution in [0, 0.1) is 5.39 Å². The van der Waals surface area contributed by atoms with Gasteiger partial charge >= 0.3 is 5.69 Å². The van der Waals surface area contributed by atoms with E-state index in [0.717, 1.165) is 18.5 Å². The maximum Gasteiger partial charge on any atom is 0.408 e. The van der Waals surface area contributed by atoms with Crippen LogP contribution in [-0.2, 0) is 0 Å². The van der Waals surface area contributed by atoms with E-state index in [2.05, 4.69) is 9.88 Å². The summed E-state index contributed by atoms with van der Waals surface area (Å²) in [6, 6.07) is 7.91. The Labute approximate surface area is 107 Å². The van der Waals surface area contributed by atoms with Gasteiger partial charge in [-0.2, -0.15) is 0 Å². The van der Waals surface area contributed by atoms with Crippen LogP contribution < -0.4 is 4.90 Å². The standard InChI is InChI=1S/C13H17ClN3/c1-17(12-8-4-2-6-10(12)14)13-9-5-3-7-11(13)16-15/h3,5,7,9-10,12H,2,4,6,8H2,1H3/q+1. The van der Waals surface area contributed by atoms with Gasteiger partial charge in [0.05, 0.1) is 5.38 Å². The molecular weight excluding hydrogens is 234 g/mol. The number of anilines is 1. The molecule has 3 nitrogen and oxygen atoms in total. The van der Waals surface area contributed by atoms with Crippen molar-refractivity contribution in [3.05, 3.63) is 29.2 Å². The van der Waals surface area contributed by atoms with Gasteiger partial charge in [0.1, 0.15) is 5.69 Å². The second-order valence-corrected chi connectivity index (χ2v) is 5.13. The fourth-order valence-corrected chi connectivity index (χ4v) is 2.98. The van der Waals surface area contributed by atoms with Crippen LogP contribution in [0.2, 0.25) is 0 Å². The molecule has 17 heavy (non-hydrogen) atoms. The van der Waals surface area contributed by atoms with E-state index in [0.29, 0.717) is 11.7 Å². The molecule has 2 atom stereocenters. The lowest BCUT2D eigenvalue weighted by atomic mass is 9.93. The van der Waals surface area contributed by atoms with Crippen LogP contribution in [0.4, 0.5) is 11.4 Å². The minimum absolute atomic E-state index is 0.181. The Morgan fingerprint density at radius 3 is 2.71 bits per heavy atom. The van der Waals surface area contributed by atoms with Gasteiger partial charge in [0, 0.05) is 19.2 Å². The van der Waals surface area contributed by atoms with Crippen LogP contribution in [0.25, 0.3) is 4.98 Å². The Morgan fingerprint density at radius 2 is 2.00 bits per heavy atom. The van der Waals surface area contributed by atoms with Gasteiger partial charge in [0.25, 0.3) is 0 Å². The van der Waals surface area contributed by atoms with Crippen molar-refractivity contribution >= 4 is 23.0 Å². The number of alkyl halides is 1. The summed E-state index contributed by atoms with van der Waals surface area (Å²) in [5, 5.41) is 9.18. The number of para-hydroxylation sites is 1. The van der Waals surface area contributed by atoms with Gasteiger partial charge in [-0.15, -0.1) is 11.6 Å². The fourth-order valence-electron chi connectivity index (χ4n) is 2.53. The van der Waals surface area contributed by atoms with E-state index in [1.165, 1.54) is 12.8 Å². The number of hydrogen-bond acceptors (Lipinski definition) is 2. The van der Waals surface area contributed by atoms with E-state index in [1.807, 2.05) is 25.2 Å². The number of rotatable bonds is 2. The number of hydrogen-bond donors (Lipinski definition) is 0. The van der Waals surface area contributed by atoms with Crippen LogP contribution in [-0.4, -0.2) is 18.5 Å². The largest absolute Gasteiger partial charge is 0.408 e. The molecule has 1 aromatic rings. The van der Waals surface area contributed by atoms with Gasteiger partial charge in [0.2, 0.25) is 5.39 Å². The van der Waals surface area contributed by atoms with E-state index in [1.54, 1.807) is 6.07 Å². The number of nitrogens with zero attached hydrogens (tertiary/aromatic N) is 3. The molecule has 1 aliphatic carbocycles. The zero-order valence-electron chi connectivity index (χ0n) is 10.0. The Bertz CT molecular complexity index is 427. The van der Waals surface area contributed by atoms with E-state index in [-0.39, 0.29) is 5.38 Å². The molecule has 0 bridgehead atoms. The molecule has 1 saturated carbocycles. The molecule has 0 heterocycles. The summed E-state index contributed by atoms with van der Waals surface area (Å²) < 4.78 is 0. The molecule has 2 unspecified atom stereocenters. The van der Waals surface area contributed by atoms with Crippen molar-refractivity contribution in [2.24, 2.45) is 0 Å². The lowest BCUT2D eigenvalue weighted by molar-refractivity contribution is 0.434. The fraction of sp³-hybridized carbons (Fsp3) is 0.538. The lowest BCUT2D eigenvalue weighted by Crippen LogP contribution is -2.40. The zero-order valence-corrected chi connectivity index (χ0v) is 10.8. The van der Waals surface area contributed by atoms with Crippen LogP contribution >= 0.6 is 11.6 Å². The predicted molar refractivity (Wildman–Crippen MR) is 71.5 cm³/mol. The number of diazo groups is 1. The van der Waals surface area contributed by atoms with Gasteiger partial charge < -0.3 is 4.90 Å². The first kappa shape index (κ1) is 12.2. The molecule has 1 fully saturated rings. The third kappa shape index (κ3) is 2.53. The summed E-state index contributed by atoms with van der Waals surface area (Å²) in [4.78, 5) is 5.47. The highest BCUT2D eigenvalue weighted by Gasteiger charge is 2.29. The van der Waals surface area contributed by atoms with Gasteiger partial charge in [0.15, 0.2) is 4.98 Å². The molecule has 0 spiro atoms. The first-order valence-electron chi connectivity index (χ1n) is 6.05. The average molecular weight is 251 g/mol. The van der Waals surface area contributed by atoms with Crippen molar-refractivity contribution in [3.8, 4) is 0 Å². The summed E-state index contributed by atoms with van der Waals surface area (Å²) in [6.07, 6.45) is 4.60. The van der Waals surface area contributed by atoms with Crippen molar-refractivity contribution in [1.82, 2.24) is 0 Å². The SMILES string of the molecule is CN(c1ccccc1[N+]#N)C1CCCCC1Cl. The van der Waals surface area contributed by atoms with Gasteiger partial charge in [-0.25, -0.2) is 0 Å². The van der Waals surface area contributed by atoms with Crippen molar-refractivity contribution in [2.75, 3.05) is 11.9 Å². The molecule has 0 N–H and O–H groups in total. The molecule has 0 radical (unpaired) electrons. The first-order valence-corrected chi connectivity index (χ1v) is 6.48. The maximum atomic E-state index is 9.00. The molecule has 0 saturated heterocycles. The number of benzene rings is 1. The van der Waals surface area contributed by atoms with Crippen molar-refractivity contribution < 1.29 is 0 Å². The van der Waals surface area contributed by atoms with Crippen LogP contribution in [0.3, 0.4) is 0 Å². The summed E-state index contributed by atoms with van der Waals surface area (Å²) in [7, 11) is 2.02. The summed E-state index contributed by atoms with van der Waals surface area (Å²) in [6.45, 7) is 0. The Kier molecular flexibility index (Phi) is 3.86. The quantitative estimate of drug-likeness (QED) is 0.583. The second-order valence-electron chi connectivity index (χ2n) is 4.57. The predicted octanol–water partition coefficient (Wildman–Crippen LogP) is 4.16. The highest BCUT2D eigenvalue weighted by atomic mass is 35.5. The molecule has 90 valence electrons. The molecular formula is C13H17ClN3+. The third-order valence-electron chi connectivity index (χ3n) is 3.51. The monoisotopic (exact) mass is 250 g/mol. The minimum Gasteiger partial charge on any atom is -0.364 e. The van der Waals surface area contributed by atoms with Crippen molar-refractivity contribution in [1.29, 1.82) is 5.39 Å². The Hall–Kier alpha value is -1.27. The topological polar surface area (TPSA) is 31.4 Å². The summed E-state index contributed by atoms with van der Waals surface area (Å²) >= 11 is 6.39. The lowest BCUT2D eigenvalue weighted by Gasteiger charge is -2.35. The van der Waals surface area contributed by atoms with E-state index >= 15 is 0 Å². The van der Waals surface area contributed by atoms with E-state index in [4.69, 9.17) is 17.0 Å². The molecule has 0 aromatic heterocycles. The highest BCUT2D eigenvalue weighted by Crippen LogP contribution is 2.34. The van der Waals surface area contributed by atoms with Gasteiger partial charge in [-0.1, -0.05) is 25.0 Å². The number of halogens is 1. The highest BCUT2D eigenvalue weighted by molar-refractivity contribution is 6.21. The van der Waals surface area contributed by atoms with E-state index < -0.39 is 0 Å². The maximum absolute atomic E-state index is 9.00. The van der Waals surface area contributed by atoms with Gasteiger partial charge in [-0.3, -0.25) is 0 Å². The molecule has 0 aliphatic heterocycles. The molecule has 2 rings (SSSR count). The molecule has 1 aliphatic rings. The first-order chi connectivity index (χ1) is 8.24. The smallest absolute Gasteiger partial charge is 0.364 e. The zero-order chi connectivity index (χ0) is 12.3. The normalized spacial score (nSPS) is 24.1. The Balaban J connectivity index is 2.24. The molecule has 1 aromatic carbocycles. The average Bonchev–Trinajstić information content (AvgIpc) is 2.38. The second kappa shape index (κ2) is 5.37. The summed E-state index contributed by atoms with van der Waals surface area (Å²) in [5.41, 5.74) is 1.54. The Morgan fingerprint density at radius 1 is 1.29 bits per heavy atom. The molecule has 0 amide bonds. The van der Waals surface area contributed by atoms with E-state index in [9.17, 15) is 0 Å².